The maximum absolute atomic E-state index is 12.0. The van der Waals surface area contributed by atoms with Gasteiger partial charge in [-0.25, -0.2) is 0 Å². The minimum absolute atomic E-state index is 0.134. The summed E-state index contributed by atoms with van der Waals surface area (Å²) in [6.07, 6.45) is 0.922. The largest absolute Gasteiger partial charge is 0.369 e. The number of para-hydroxylation sites is 1. The highest BCUT2D eigenvalue weighted by Gasteiger charge is 2.18. The Morgan fingerprint density at radius 1 is 1.04 bits per heavy atom. The van der Waals surface area contributed by atoms with Crippen LogP contribution in [0.5, 0.6) is 0 Å². The van der Waals surface area contributed by atoms with E-state index in [1.807, 2.05) is 12.1 Å². The van der Waals surface area contributed by atoms with Crippen molar-refractivity contribution in [3.8, 4) is 0 Å². The summed E-state index contributed by atoms with van der Waals surface area (Å²) in [5.41, 5.74) is 1.27. The Morgan fingerprint density at radius 3 is 2.52 bits per heavy atom. The molecule has 2 heterocycles. The van der Waals surface area contributed by atoms with Crippen molar-refractivity contribution in [1.29, 1.82) is 0 Å². The molecule has 3 rings (SSSR count). The molecular weight excluding hydrogens is 306 g/mol. The van der Waals surface area contributed by atoms with E-state index >= 15 is 0 Å². The van der Waals surface area contributed by atoms with E-state index in [0.717, 1.165) is 39.1 Å². The molecule has 1 N–H and O–H groups in total. The van der Waals surface area contributed by atoms with Crippen molar-refractivity contribution >= 4 is 22.9 Å². The number of amides is 1. The molecule has 122 valence electrons. The topological polar surface area (TPSA) is 35.6 Å². The second-order valence-corrected chi connectivity index (χ2v) is 6.81. The smallest absolute Gasteiger partial charge is 0.234 e. The van der Waals surface area contributed by atoms with Crippen LogP contribution in [0, 0.1) is 0 Å². The first-order valence-corrected chi connectivity index (χ1v) is 9.01. The predicted molar refractivity (Wildman–Crippen MR) is 96.1 cm³/mol. The maximum Gasteiger partial charge on any atom is 0.234 e. The monoisotopic (exact) mass is 329 g/mol. The van der Waals surface area contributed by atoms with Gasteiger partial charge >= 0.3 is 0 Å². The number of piperazine rings is 1. The van der Waals surface area contributed by atoms with E-state index in [4.69, 9.17) is 0 Å². The molecule has 0 bridgehead atoms. The number of carbonyl (C=O) groups excluding carboxylic acids is 1. The van der Waals surface area contributed by atoms with Crippen molar-refractivity contribution in [3.05, 3.63) is 52.7 Å². The van der Waals surface area contributed by atoms with Gasteiger partial charge in [0, 0.05) is 43.3 Å². The highest BCUT2D eigenvalue weighted by atomic mass is 32.1. The molecule has 0 unspecified atom stereocenters. The SMILES string of the molecule is O=C(CN1CCN(c2ccccc2)CC1)NCCc1cccs1. The summed E-state index contributed by atoms with van der Waals surface area (Å²) in [7, 11) is 0. The van der Waals surface area contributed by atoms with E-state index in [-0.39, 0.29) is 5.91 Å². The van der Waals surface area contributed by atoms with Gasteiger partial charge in [-0.3, -0.25) is 9.69 Å². The summed E-state index contributed by atoms with van der Waals surface area (Å²) in [5, 5.41) is 5.10. The minimum Gasteiger partial charge on any atom is -0.369 e. The van der Waals surface area contributed by atoms with Crippen molar-refractivity contribution in [2.75, 3.05) is 44.2 Å². The molecule has 1 amide bonds. The maximum atomic E-state index is 12.0. The van der Waals surface area contributed by atoms with E-state index in [1.165, 1.54) is 10.6 Å². The van der Waals surface area contributed by atoms with Crippen LogP contribution >= 0.6 is 11.3 Å². The number of anilines is 1. The fourth-order valence-electron chi connectivity index (χ4n) is 2.84. The van der Waals surface area contributed by atoms with Gasteiger partial charge < -0.3 is 10.2 Å². The van der Waals surface area contributed by atoms with Gasteiger partial charge in [0.15, 0.2) is 0 Å². The standard InChI is InChI=1S/C18H23N3OS/c22-18(19-9-8-17-7-4-14-23-17)15-20-10-12-21(13-11-20)16-5-2-1-3-6-16/h1-7,14H,8-13,15H2,(H,19,22). The average molecular weight is 329 g/mol. The quantitative estimate of drug-likeness (QED) is 0.883. The van der Waals surface area contributed by atoms with Crippen LogP contribution in [-0.4, -0.2) is 50.1 Å². The molecule has 1 aliphatic heterocycles. The molecule has 1 aromatic carbocycles. The zero-order chi connectivity index (χ0) is 15.9. The second kappa shape index (κ2) is 8.13. The molecule has 1 aromatic heterocycles. The van der Waals surface area contributed by atoms with Crippen molar-refractivity contribution in [3.63, 3.8) is 0 Å². The van der Waals surface area contributed by atoms with E-state index in [1.54, 1.807) is 11.3 Å². The molecule has 1 fully saturated rings. The molecule has 0 aliphatic carbocycles. The molecule has 0 saturated carbocycles. The Morgan fingerprint density at radius 2 is 1.83 bits per heavy atom. The lowest BCUT2D eigenvalue weighted by atomic mass is 10.2. The highest BCUT2D eigenvalue weighted by molar-refractivity contribution is 7.09. The first-order chi connectivity index (χ1) is 11.3. The van der Waals surface area contributed by atoms with Gasteiger partial charge in [0.1, 0.15) is 0 Å². The number of nitrogens with one attached hydrogen (secondary N) is 1. The number of benzene rings is 1. The van der Waals surface area contributed by atoms with E-state index in [0.29, 0.717) is 6.54 Å². The molecule has 5 heteroatoms. The normalized spacial score (nSPS) is 15.6. The van der Waals surface area contributed by atoms with Gasteiger partial charge in [0.25, 0.3) is 0 Å². The summed E-state index contributed by atoms with van der Waals surface area (Å²) >= 11 is 1.74. The molecule has 2 aromatic rings. The molecule has 4 nitrogen and oxygen atoms in total. The zero-order valence-electron chi connectivity index (χ0n) is 13.3. The number of carbonyl (C=O) groups is 1. The number of hydrogen-bond acceptors (Lipinski definition) is 4. The fourth-order valence-corrected chi connectivity index (χ4v) is 3.55. The third-order valence-electron chi connectivity index (χ3n) is 4.13. The Bertz CT molecular complexity index is 592. The van der Waals surface area contributed by atoms with Gasteiger partial charge in [0.05, 0.1) is 6.54 Å². The van der Waals surface area contributed by atoms with Crippen molar-refractivity contribution in [2.45, 2.75) is 6.42 Å². The Balaban J connectivity index is 1.36. The molecule has 0 atom stereocenters. The third-order valence-corrected chi connectivity index (χ3v) is 5.07. The number of thiophene rings is 1. The Labute approximate surface area is 141 Å². The highest BCUT2D eigenvalue weighted by Crippen LogP contribution is 2.15. The molecule has 0 radical (unpaired) electrons. The van der Waals surface area contributed by atoms with Crippen LogP contribution in [0.3, 0.4) is 0 Å². The van der Waals surface area contributed by atoms with Crippen LogP contribution in [0.15, 0.2) is 47.8 Å². The molecular formula is C18H23N3OS. The zero-order valence-corrected chi connectivity index (χ0v) is 14.1. The minimum atomic E-state index is 0.134. The number of rotatable bonds is 6. The fraction of sp³-hybridized carbons (Fsp3) is 0.389. The van der Waals surface area contributed by atoms with Crippen molar-refractivity contribution in [2.24, 2.45) is 0 Å². The van der Waals surface area contributed by atoms with Gasteiger partial charge in [0.2, 0.25) is 5.91 Å². The Hall–Kier alpha value is -1.85. The second-order valence-electron chi connectivity index (χ2n) is 5.78. The van der Waals surface area contributed by atoms with Crippen LogP contribution in [0.2, 0.25) is 0 Å². The lowest BCUT2D eigenvalue weighted by Crippen LogP contribution is -2.49. The first-order valence-electron chi connectivity index (χ1n) is 8.13. The predicted octanol–water partition coefficient (Wildman–Crippen LogP) is 2.23. The summed E-state index contributed by atoms with van der Waals surface area (Å²) in [6.45, 7) is 5.07. The lowest BCUT2D eigenvalue weighted by molar-refractivity contribution is -0.122. The van der Waals surface area contributed by atoms with Crippen molar-refractivity contribution < 1.29 is 4.79 Å². The molecule has 0 spiro atoms. The first kappa shape index (κ1) is 16.0. The van der Waals surface area contributed by atoms with E-state index < -0.39 is 0 Å². The number of hydrogen-bond donors (Lipinski definition) is 1. The van der Waals surface area contributed by atoms with E-state index in [9.17, 15) is 4.79 Å². The van der Waals surface area contributed by atoms with Gasteiger partial charge in [-0.15, -0.1) is 11.3 Å². The molecule has 23 heavy (non-hydrogen) atoms. The van der Waals surface area contributed by atoms with Crippen LogP contribution in [0.1, 0.15) is 4.88 Å². The van der Waals surface area contributed by atoms with Gasteiger partial charge in [-0.2, -0.15) is 0 Å². The summed E-state index contributed by atoms with van der Waals surface area (Å²) in [5.74, 6) is 0.134. The third kappa shape index (κ3) is 4.81. The van der Waals surface area contributed by atoms with Crippen LogP contribution < -0.4 is 10.2 Å². The van der Waals surface area contributed by atoms with Crippen molar-refractivity contribution in [1.82, 2.24) is 10.2 Å². The molecule has 1 aliphatic rings. The van der Waals surface area contributed by atoms with Crippen LogP contribution in [-0.2, 0) is 11.2 Å². The summed E-state index contributed by atoms with van der Waals surface area (Å²) in [6, 6.07) is 14.6. The summed E-state index contributed by atoms with van der Waals surface area (Å²) < 4.78 is 0. The average Bonchev–Trinajstić information content (AvgIpc) is 3.10. The van der Waals surface area contributed by atoms with Gasteiger partial charge in [-0.1, -0.05) is 24.3 Å². The van der Waals surface area contributed by atoms with E-state index in [2.05, 4.69) is 50.8 Å². The Kier molecular flexibility index (Phi) is 5.66. The van der Waals surface area contributed by atoms with Gasteiger partial charge in [-0.05, 0) is 30.0 Å². The molecule has 1 saturated heterocycles. The van der Waals surface area contributed by atoms with Crippen LogP contribution in [0.25, 0.3) is 0 Å². The lowest BCUT2D eigenvalue weighted by Gasteiger charge is -2.35. The summed E-state index contributed by atoms with van der Waals surface area (Å²) in [4.78, 5) is 18.0. The number of nitrogens with zero attached hydrogens (tertiary/aromatic N) is 2. The van der Waals surface area contributed by atoms with Crippen LogP contribution in [0.4, 0.5) is 5.69 Å².